The molecular formula is C12H18BrN3S. The van der Waals surface area contributed by atoms with Crippen LogP contribution in [-0.4, -0.2) is 35.6 Å². The van der Waals surface area contributed by atoms with Gasteiger partial charge in [-0.3, -0.25) is 4.98 Å². The van der Waals surface area contributed by atoms with Crippen molar-refractivity contribution in [2.45, 2.75) is 17.6 Å². The molecule has 0 radical (unpaired) electrons. The van der Waals surface area contributed by atoms with Gasteiger partial charge in [-0.2, -0.15) is 11.8 Å². The van der Waals surface area contributed by atoms with E-state index in [0.717, 1.165) is 36.9 Å². The number of nitrogens with zero attached hydrogens (tertiary/aromatic N) is 2. The van der Waals surface area contributed by atoms with Gasteiger partial charge >= 0.3 is 0 Å². The molecule has 0 saturated carbocycles. The van der Waals surface area contributed by atoms with E-state index >= 15 is 0 Å². The Labute approximate surface area is 115 Å². The third-order valence-electron chi connectivity index (χ3n) is 3.57. The van der Waals surface area contributed by atoms with Crippen molar-refractivity contribution in [1.82, 2.24) is 4.98 Å². The van der Waals surface area contributed by atoms with Crippen LogP contribution in [0.3, 0.4) is 0 Å². The van der Waals surface area contributed by atoms with E-state index in [1.165, 1.54) is 5.69 Å². The van der Waals surface area contributed by atoms with Crippen molar-refractivity contribution in [2.24, 2.45) is 5.73 Å². The van der Waals surface area contributed by atoms with Crippen LogP contribution >= 0.6 is 27.7 Å². The molecule has 0 unspecified atom stereocenters. The fourth-order valence-corrected chi connectivity index (χ4v) is 3.53. The number of anilines is 1. The molecule has 0 spiro atoms. The molecule has 0 aliphatic carbocycles. The van der Waals surface area contributed by atoms with Crippen molar-refractivity contribution in [2.75, 3.05) is 30.8 Å². The van der Waals surface area contributed by atoms with Crippen molar-refractivity contribution in [3.05, 3.63) is 22.9 Å². The Hall–Kier alpha value is -0.260. The molecule has 2 N–H and O–H groups in total. The van der Waals surface area contributed by atoms with Crippen molar-refractivity contribution >= 4 is 33.4 Å². The molecule has 5 heteroatoms. The number of nitrogens with two attached hydrogens (primary N) is 1. The summed E-state index contributed by atoms with van der Waals surface area (Å²) in [6.07, 6.45) is 8.18. The molecule has 0 atom stereocenters. The van der Waals surface area contributed by atoms with Crippen LogP contribution in [-0.2, 0) is 0 Å². The average Bonchev–Trinajstić information content (AvgIpc) is 2.40. The summed E-state index contributed by atoms with van der Waals surface area (Å²) in [5.41, 5.74) is 7.15. The minimum atomic E-state index is 0.288. The number of hydrogen-bond donors (Lipinski definition) is 1. The highest BCUT2D eigenvalue weighted by Gasteiger charge is 2.32. The van der Waals surface area contributed by atoms with Crippen LogP contribution < -0.4 is 10.6 Å². The van der Waals surface area contributed by atoms with Gasteiger partial charge < -0.3 is 10.6 Å². The normalized spacial score (nSPS) is 19.4. The molecule has 94 valence electrons. The predicted molar refractivity (Wildman–Crippen MR) is 78.7 cm³/mol. The van der Waals surface area contributed by atoms with E-state index < -0.39 is 0 Å². The Morgan fingerprint density at radius 3 is 2.76 bits per heavy atom. The molecule has 1 aliphatic heterocycles. The molecule has 0 amide bonds. The lowest BCUT2D eigenvalue weighted by Gasteiger charge is -2.41. The summed E-state index contributed by atoms with van der Waals surface area (Å²) in [7, 11) is 0. The second-order valence-electron chi connectivity index (χ2n) is 4.41. The van der Waals surface area contributed by atoms with E-state index in [-0.39, 0.29) is 4.75 Å². The minimum absolute atomic E-state index is 0.288. The Morgan fingerprint density at radius 2 is 2.24 bits per heavy atom. The van der Waals surface area contributed by atoms with Gasteiger partial charge in [-0.05, 0) is 41.1 Å². The third-order valence-corrected chi connectivity index (χ3v) is 5.62. The summed E-state index contributed by atoms with van der Waals surface area (Å²) in [5.74, 6) is 0. The van der Waals surface area contributed by atoms with Gasteiger partial charge in [-0.15, -0.1) is 0 Å². The lowest BCUT2D eigenvalue weighted by molar-refractivity contribution is 0.457. The second kappa shape index (κ2) is 5.59. The molecule has 2 rings (SSSR count). The highest BCUT2D eigenvalue weighted by molar-refractivity contribution is 9.10. The van der Waals surface area contributed by atoms with Gasteiger partial charge in [0.1, 0.15) is 0 Å². The smallest absolute Gasteiger partial charge is 0.0592 e. The first kappa shape index (κ1) is 13.2. The van der Waals surface area contributed by atoms with Crippen molar-refractivity contribution in [1.29, 1.82) is 0 Å². The zero-order chi connectivity index (χ0) is 12.3. The molecular weight excluding hydrogens is 298 g/mol. The van der Waals surface area contributed by atoms with Crippen molar-refractivity contribution in [3.63, 3.8) is 0 Å². The maximum Gasteiger partial charge on any atom is 0.0592 e. The van der Waals surface area contributed by atoms with Crippen molar-refractivity contribution < 1.29 is 0 Å². The molecule has 0 aromatic carbocycles. The van der Waals surface area contributed by atoms with E-state index in [1.807, 2.05) is 24.2 Å². The molecule has 3 nitrogen and oxygen atoms in total. The molecule has 0 bridgehead atoms. The van der Waals surface area contributed by atoms with E-state index in [0.29, 0.717) is 0 Å². The van der Waals surface area contributed by atoms with E-state index in [2.05, 4.69) is 38.1 Å². The van der Waals surface area contributed by atoms with Gasteiger partial charge in [-0.1, -0.05) is 0 Å². The largest absolute Gasteiger partial charge is 0.370 e. The highest BCUT2D eigenvalue weighted by Crippen LogP contribution is 2.36. The molecule has 1 aliphatic rings. The van der Waals surface area contributed by atoms with Crippen LogP contribution in [0.2, 0.25) is 0 Å². The molecule has 1 fully saturated rings. The standard InChI is InChI=1S/C12H18BrN3S/c1-17-12(9-14)3-6-16(7-4-12)11-2-5-15-8-10(11)13/h2,5,8H,3-4,6-7,9,14H2,1H3. The topological polar surface area (TPSA) is 42.1 Å². The predicted octanol–water partition coefficient (Wildman–Crippen LogP) is 2.50. The van der Waals surface area contributed by atoms with E-state index in [4.69, 9.17) is 5.73 Å². The van der Waals surface area contributed by atoms with Gasteiger partial charge in [0.15, 0.2) is 0 Å². The number of halogens is 1. The average molecular weight is 316 g/mol. The number of thioether (sulfide) groups is 1. The third kappa shape index (κ3) is 2.77. The zero-order valence-electron chi connectivity index (χ0n) is 10.0. The summed E-state index contributed by atoms with van der Waals surface area (Å²) < 4.78 is 1.36. The van der Waals surface area contributed by atoms with E-state index in [9.17, 15) is 0 Å². The molecule has 2 heterocycles. The number of pyridine rings is 1. The fourth-order valence-electron chi connectivity index (χ4n) is 2.27. The minimum Gasteiger partial charge on any atom is -0.370 e. The summed E-state index contributed by atoms with van der Waals surface area (Å²) in [6.45, 7) is 2.92. The lowest BCUT2D eigenvalue weighted by atomic mass is 9.95. The monoisotopic (exact) mass is 315 g/mol. The van der Waals surface area contributed by atoms with Crippen molar-refractivity contribution in [3.8, 4) is 0 Å². The second-order valence-corrected chi connectivity index (χ2v) is 6.53. The quantitative estimate of drug-likeness (QED) is 0.930. The van der Waals surface area contributed by atoms with Crippen LogP contribution in [0.25, 0.3) is 0 Å². The Bertz CT molecular complexity index is 372. The molecule has 17 heavy (non-hydrogen) atoms. The Kier molecular flexibility index (Phi) is 4.33. The zero-order valence-corrected chi connectivity index (χ0v) is 12.4. The molecule has 1 saturated heterocycles. The highest BCUT2D eigenvalue weighted by atomic mass is 79.9. The number of aromatic nitrogens is 1. The van der Waals surface area contributed by atoms with Gasteiger partial charge in [0.25, 0.3) is 0 Å². The van der Waals surface area contributed by atoms with Crippen LogP contribution in [0.15, 0.2) is 22.9 Å². The number of rotatable bonds is 3. The molecule has 1 aromatic heterocycles. The summed E-state index contributed by atoms with van der Waals surface area (Å²) in [5, 5.41) is 0. The van der Waals surface area contributed by atoms with Crippen LogP contribution in [0.5, 0.6) is 0 Å². The summed E-state index contributed by atoms with van der Waals surface area (Å²) in [4.78, 5) is 6.52. The first-order valence-electron chi connectivity index (χ1n) is 5.80. The Balaban J connectivity index is 2.07. The van der Waals surface area contributed by atoms with Crippen LogP contribution in [0, 0.1) is 0 Å². The van der Waals surface area contributed by atoms with Gasteiger partial charge in [0.2, 0.25) is 0 Å². The summed E-state index contributed by atoms with van der Waals surface area (Å²) in [6, 6.07) is 2.07. The van der Waals surface area contributed by atoms with Crippen LogP contribution in [0.1, 0.15) is 12.8 Å². The van der Waals surface area contributed by atoms with E-state index in [1.54, 1.807) is 0 Å². The fraction of sp³-hybridized carbons (Fsp3) is 0.583. The first-order valence-corrected chi connectivity index (χ1v) is 7.82. The van der Waals surface area contributed by atoms with Gasteiger partial charge in [0.05, 0.1) is 10.2 Å². The maximum atomic E-state index is 5.90. The Morgan fingerprint density at radius 1 is 1.53 bits per heavy atom. The SMILES string of the molecule is CSC1(CN)CCN(c2ccncc2Br)CC1. The maximum absolute atomic E-state index is 5.90. The van der Waals surface area contributed by atoms with Crippen LogP contribution in [0.4, 0.5) is 5.69 Å². The molecule has 1 aromatic rings. The van der Waals surface area contributed by atoms with Gasteiger partial charge in [0, 0.05) is 36.8 Å². The first-order chi connectivity index (χ1) is 8.21. The lowest BCUT2D eigenvalue weighted by Crippen LogP contribution is -2.46. The number of piperidine rings is 1. The summed E-state index contributed by atoms with van der Waals surface area (Å²) >= 11 is 5.48. The number of hydrogen-bond acceptors (Lipinski definition) is 4. The van der Waals surface area contributed by atoms with Gasteiger partial charge in [-0.25, -0.2) is 0 Å².